The first kappa shape index (κ1) is 18.1. The van der Waals surface area contributed by atoms with E-state index in [-0.39, 0.29) is 5.91 Å². The third-order valence-corrected chi connectivity index (χ3v) is 6.36. The number of amides is 1. The molecule has 6 heteroatoms. The van der Waals surface area contributed by atoms with Gasteiger partial charge in [0.15, 0.2) is 0 Å². The summed E-state index contributed by atoms with van der Waals surface area (Å²) in [6, 6.07) is 0. The number of morpholine rings is 1. The first-order valence-electron chi connectivity index (χ1n) is 9.58. The fourth-order valence-electron chi connectivity index (χ4n) is 4.56. The van der Waals surface area contributed by atoms with Gasteiger partial charge in [-0.1, -0.05) is 0 Å². The highest BCUT2D eigenvalue weighted by molar-refractivity contribution is 5.85. The molecule has 0 unspecified atom stereocenters. The number of ether oxygens (including phenoxy) is 1. The van der Waals surface area contributed by atoms with Crippen molar-refractivity contribution >= 4 is 5.91 Å². The predicted molar refractivity (Wildman–Crippen MR) is 94.5 cm³/mol. The van der Waals surface area contributed by atoms with Gasteiger partial charge in [0.2, 0.25) is 0 Å². The Hall–Kier alpha value is -0.690. The number of carbonyl (C=O) groups is 1. The Labute approximate surface area is 146 Å². The molecule has 0 radical (unpaired) electrons. The summed E-state index contributed by atoms with van der Waals surface area (Å²) in [4.78, 5) is 19.5. The van der Waals surface area contributed by atoms with Crippen LogP contribution >= 0.6 is 0 Å². The number of likely N-dealkylation sites (tertiary alicyclic amines) is 2. The molecule has 3 saturated heterocycles. The van der Waals surface area contributed by atoms with E-state index < -0.39 is 5.66 Å². The summed E-state index contributed by atoms with van der Waals surface area (Å²) >= 11 is 0. The van der Waals surface area contributed by atoms with Gasteiger partial charge in [-0.3, -0.25) is 9.69 Å². The molecular formula is C18H34N4O2. The molecule has 1 atom stereocenters. The van der Waals surface area contributed by atoms with Gasteiger partial charge in [-0.05, 0) is 64.6 Å². The molecule has 24 heavy (non-hydrogen) atoms. The lowest BCUT2D eigenvalue weighted by Gasteiger charge is -2.44. The van der Waals surface area contributed by atoms with Gasteiger partial charge in [-0.2, -0.15) is 0 Å². The molecule has 0 bridgehead atoms. The first-order chi connectivity index (χ1) is 11.5. The largest absolute Gasteiger partial charge is 0.379 e. The van der Waals surface area contributed by atoms with Crippen LogP contribution in [0.25, 0.3) is 0 Å². The monoisotopic (exact) mass is 338 g/mol. The van der Waals surface area contributed by atoms with Crippen LogP contribution < -0.4 is 5.73 Å². The molecule has 0 aromatic rings. The van der Waals surface area contributed by atoms with E-state index in [9.17, 15) is 4.79 Å². The number of rotatable bonds is 3. The number of piperidine rings is 2. The normalized spacial score (nSPS) is 28.7. The minimum atomic E-state index is -0.899. The molecule has 138 valence electrons. The summed E-state index contributed by atoms with van der Waals surface area (Å²) < 4.78 is 5.38. The van der Waals surface area contributed by atoms with E-state index in [2.05, 4.69) is 16.8 Å². The van der Waals surface area contributed by atoms with E-state index in [1.54, 1.807) is 0 Å². The standard InChI is InChI=1S/C18H34N4O2/c1-18(19,22-11-13-24-14-12-22)17(23)21-9-5-16(6-10-21)15-3-7-20(2)8-4-15/h15-16H,3-14,19H2,1-2H3/t18-/m0/s1. The lowest BCUT2D eigenvalue weighted by Crippen LogP contribution is -2.66. The van der Waals surface area contributed by atoms with Crippen LogP contribution in [0.5, 0.6) is 0 Å². The summed E-state index contributed by atoms with van der Waals surface area (Å²) in [5.41, 5.74) is 5.53. The predicted octanol–water partition coefficient (Wildman–Crippen LogP) is 0.574. The van der Waals surface area contributed by atoms with Crippen LogP contribution in [-0.4, -0.2) is 85.8 Å². The van der Waals surface area contributed by atoms with E-state index in [4.69, 9.17) is 10.5 Å². The van der Waals surface area contributed by atoms with Crippen molar-refractivity contribution in [1.82, 2.24) is 14.7 Å². The Balaban J connectivity index is 1.51. The zero-order valence-electron chi connectivity index (χ0n) is 15.4. The Morgan fingerprint density at radius 3 is 2.00 bits per heavy atom. The molecule has 6 nitrogen and oxygen atoms in total. The van der Waals surface area contributed by atoms with Crippen molar-refractivity contribution < 1.29 is 9.53 Å². The fourth-order valence-corrected chi connectivity index (χ4v) is 4.56. The van der Waals surface area contributed by atoms with Crippen molar-refractivity contribution in [3.05, 3.63) is 0 Å². The summed E-state index contributed by atoms with van der Waals surface area (Å²) in [6.45, 7) is 8.86. The minimum Gasteiger partial charge on any atom is -0.379 e. The lowest BCUT2D eigenvalue weighted by molar-refractivity contribution is -0.148. The van der Waals surface area contributed by atoms with E-state index >= 15 is 0 Å². The number of carbonyl (C=O) groups excluding carboxylic acids is 1. The average Bonchev–Trinajstić information content (AvgIpc) is 2.62. The van der Waals surface area contributed by atoms with Gasteiger partial charge in [-0.25, -0.2) is 0 Å². The van der Waals surface area contributed by atoms with Crippen LogP contribution in [0.3, 0.4) is 0 Å². The maximum Gasteiger partial charge on any atom is 0.257 e. The van der Waals surface area contributed by atoms with Crippen LogP contribution in [-0.2, 0) is 9.53 Å². The Bertz CT molecular complexity index is 421. The van der Waals surface area contributed by atoms with E-state index in [0.29, 0.717) is 13.2 Å². The zero-order valence-corrected chi connectivity index (χ0v) is 15.4. The summed E-state index contributed by atoms with van der Waals surface area (Å²) in [7, 11) is 2.21. The van der Waals surface area contributed by atoms with Crippen molar-refractivity contribution in [3.63, 3.8) is 0 Å². The van der Waals surface area contributed by atoms with Gasteiger partial charge < -0.3 is 20.3 Å². The van der Waals surface area contributed by atoms with Crippen molar-refractivity contribution in [2.24, 2.45) is 17.6 Å². The lowest BCUT2D eigenvalue weighted by atomic mass is 9.79. The van der Waals surface area contributed by atoms with Crippen LogP contribution in [0, 0.1) is 11.8 Å². The summed E-state index contributed by atoms with van der Waals surface area (Å²) in [5.74, 6) is 1.73. The minimum absolute atomic E-state index is 0.0891. The zero-order chi connectivity index (χ0) is 17.2. The second-order valence-corrected chi connectivity index (χ2v) is 8.02. The molecular weight excluding hydrogens is 304 g/mol. The number of hydrogen-bond donors (Lipinski definition) is 1. The Morgan fingerprint density at radius 1 is 0.958 bits per heavy atom. The van der Waals surface area contributed by atoms with Gasteiger partial charge in [-0.15, -0.1) is 0 Å². The van der Waals surface area contributed by atoms with Gasteiger partial charge in [0, 0.05) is 26.2 Å². The van der Waals surface area contributed by atoms with Crippen molar-refractivity contribution in [2.75, 3.05) is 59.5 Å². The Kier molecular flexibility index (Phi) is 5.80. The highest BCUT2D eigenvalue weighted by Gasteiger charge is 2.40. The molecule has 3 fully saturated rings. The molecule has 0 saturated carbocycles. The third-order valence-electron chi connectivity index (χ3n) is 6.36. The summed E-state index contributed by atoms with van der Waals surface area (Å²) in [5, 5.41) is 0. The molecule has 3 heterocycles. The number of nitrogens with two attached hydrogens (primary N) is 1. The van der Waals surface area contributed by atoms with E-state index in [1.165, 1.54) is 25.9 Å². The van der Waals surface area contributed by atoms with Crippen molar-refractivity contribution in [3.8, 4) is 0 Å². The molecule has 3 aliphatic rings. The third kappa shape index (κ3) is 3.93. The first-order valence-corrected chi connectivity index (χ1v) is 9.58. The van der Waals surface area contributed by atoms with Gasteiger partial charge >= 0.3 is 0 Å². The van der Waals surface area contributed by atoms with Crippen LogP contribution in [0.1, 0.15) is 32.6 Å². The molecule has 0 spiro atoms. The molecule has 3 rings (SSSR count). The highest BCUT2D eigenvalue weighted by atomic mass is 16.5. The summed E-state index contributed by atoms with van der Waals surface area (Å²) in [6.07, 6.45) is 4.91. The number of hydrogen-bond acceptors (Lipinski definition) is 5. The highest BCUT2D eigenvalue weighted by Crippen LogP contribution is 2.32. The quantitative estimate of drug-likeness (QED) is 0.815. The van der Waals surface area contributed by atoms with E-state index in [0.717, 1.165) is 50.9 Å². The van der Waals surface area contributed by atoms with Gasteiger partial charge in [0.1, 0.15) is 5.66 Å². The van der Waals surface area contributed by atoms with Crippen molar-refractivity contribution in [2.45, 2.75) is 38.3 Å². The van der Waals surface area contributed by atoms with Crippen LogP contribution in [0.15, 0.2) is 0 Å². The van der Waals surface area contributed by atoms with Gasteiger partial charge in [0.05, 0.1) is 13.2 Å². The van der Waals surface area contributed by atoms with Gasteiger partial charge in [0.25, 0.3) is 5.91 Å². The average molecular weight is 338 g/mol. The second kappa shape index (κ2) is 7.68. The topological polar surface area (TPSA) is 62.0 Å². The molecule has 0 aromatic carbocycles. The molecule has 0 aromatic heterocycles. The smallest absolute Gasteiger partial charge is 0.257 e. The Morgan fingerprint density at radius 2 is 1.46 bits per heavy atom. The molecule has 0 aliphatic carbocycles. The SMILES string of the molecule is CN1CCC(C2CCN(C(=O)[C@@](C)(N)N3CCOCC3)CC2)CC1. The molecule has 3 aliphatic heterocycles. The number of nitrogens with zero attached hydrogens (tertiary/aromatic N) is 3. The van der Waals surface area contributed by atoms with E-state index in [1.807, 2.05) is 11.8 Å². The molecule has 1 amide bonds. The second-order valence-electron chi connectivity index (χ2n) is 8.02. The fraction of sp³-hybridized carbons (Fsp3) is 0.944. The van der Waals surface area contributed by atoms with Crippen LogP contribution in [0.2, 0.25) is 0 Å². The maximum atomic E-state index is 13.0. The van der Waals surface area contributed by atoms with Crippen molar-refractivity contribution in [1.29, 1.82) is 0 Å². The van der Waals surface area contributed by atoms with Crippen LogP contribution in [0.4, 0.5) is 0 Å². The maximum absolute atomic E-state index is 13.0. The molecule has 2 N–H and O–H groups in total.